The molecule has 8 heteroatoms. The Balaban J connectivity index is 1.18. The Morgan fingerprint density at radius 1 is 1.13 bits per heavy atom. The van der Waals surface area contributed by atoms with Gasteiger partial charge in [0.2, 0.25) is 0 Å². The Labute approximate surface area is 232 Å². The van der Waals surface area contributed by atoms with Crippen molar-refractivity contribution >= 4 is 6.03 Å². The average molecular weight is 542 g/mol. The van der Waals surface area contributed by atoms with E-state index in [0.29, 0.717) is 30.8 Å². The Morgan fingerprint density at radius 3 is 2.69 bits per heavy atom. The second kappa shape index (κ2) is 9.88. The second-order valence-electron chi connectivity index (χ2n) is 13.9. The molecule has 9 atom stereocenters. The van der Waals surface area contributed by atoms with Crippen molar-refractivity contribution in [3.05, 3.63) is 34.4 Å². The number of fused-ring (bicyclic) bond motifs is 5. The van der Waals surface area contributed by atoms with Crippen molar-refractivity contribution in [2.45, 2.75) is 95.2 Å². The molecule has 1 aromatic heterocycles. The Morgan fingerprint density at radius 2 is 1.95 bits per heavy atom. The van der Waals surface area contributed by atoms with Gasteiger partial charge in [-0.2, -0.15) is 0 Å². The zero-order valence-electron chi connectivity index (χ0n) is 23.9. The Bertz CT molecular complexity index is 1120. The molecule has 3 N–H and O–H groups in total. The van der Waals surface area contributed by atoms with Crippen molar-refractivity contribution in [3.63, 3.8) is 0 Å². The van der Waals surface area contributed by atoms with Crippen LogP contribution in [0.5, 0.6) is 0 Å². The van der Waals surface area contributed by atoms with Gasteiger partial charge in [-0.3, -0.25) is 0 Å². The van der Waals surface area contributed by atoms with Crippen LogP contribution in [0.2, 0.25) is 0 Å². The van der Waals surface area contributed by atoms with Crippen molar-refractivity contribution in [3.8, 4) is 0 Å². The SMILES string of the molecule is CN(C(=O)N1CCNCC1CO)[C@H]1CC[C@@]2(C)[C@H](CC[C@@H]3[C@@H]2CC[C@]2(C)[C@@H](c4ccc(=O)oc4)CC[C@]32O)C1. The molecule has 0 aromatic carbocycles. The van der Waals surface area contributed by atoms with E-state index in [0.717, 1.165) is 69.9 Å². The highest BCUT2D eigenvalue weighted by atomic mass is 16.4. The first kappa shape index (κ1) is 27.3. The molecule has 1 saturated heterocycles. The molecule has 6 rings (SSSR count). The van der Waals surface area contributed by atoms with Crippen molar-refractivity contribution in [2.24, 2.45) is 28.6 Å². The highest BCUT2D eigenvalue weighted by Gasteiger charge is 2.67. The number of hydrogen-bond acceptors (Lipinski definition) is 6. The molecule has 39 heavy (non-hydrogen) atoms. The van der Waals surface area contributed by atoms with Crippen LogP contribution in [0.1, 0.15) is 83.1 Å². The minimum atomic E-state index is -0.699. The van der Waals surface area contributed by atoms with E-state index in [9.17, 15) is 19.8 Å². The Hall–Kier alpha value is -1.90. The molecule has 216 valence electrons. The standard InChI is InChI=1S/C31H47N3O5/c1-29-11-8-22(33(3)28(37)34-15-14-32-17-23(34)18-35)16-21(29)5-6-26-25(29)9-12-30(2)24(10-13-31(26,30)38)20-4-7-27(36)39-19-20/h4,7,19,21-26,32,35,38H,5-6,8-18H2,1-3H3/t21-,22+,23?,24-,25+,26-,29+,30-,31+/m1/s1. The smallest absolute Gasteiger partial charge is 0.335 e. The summed E-state index contributed by atoms with van der Waals surface area (Å²) < 4.78 is 5.24. The number of carbonyl (C=O) groups is 1. The highest BCUT2D eigenvalue weighted by molar-refractivity contribution is 5.75. The number of aliphatic hydroxyl groups is 2. The summed E-state index contributed by atoms with van der Waals surface area (Å²) >= 11 is 0. The first-order valence-corrected chi connectivity index (χ1v) is 15.3. The van der Waals surface area contributed by atoms with Gasteiger partial charge in [0.15, 0.2) is 0 Å². The topological polar surface area (TPSA) is 106 Å². The van der Waals surface area contributed by atoms with Gasteiger partial charge >= 0.3 is 11.7 Å². The summed E-state index contributed by atoms with van der Waals surface area (Å²) in [5, 5.41) is 25.6. The van der Waals surface area contributed by atoms with Crippen molar-refractivity contribution in [1.29, 1.82) is 0 Å². The molecule has 1 aliphatic heterocycles. The van der Waals surface area contributed by atoms with E-state index < -0.39 is 5.60 Å². The predicted octanol–water partition coefficient (Wildman–Crippen LogP) is 3.57. The summed E-state index contributed by atoms with van der Waals surface area (Å²) in [4.78, 5) is 28.9. The van der Waals surface area contributed by atoms with Crippen LogP contribution in [-0.2, 0) is 0 Å². The monoisotopic (exact) mass is 541 g/mol. The third-order valence-electron chi connectivity index (χ3n) is 12.6. The third kappa shape index (κ3) is 4.11. The second-order valence-corrected chi connectivity index (χ2v) is 13.9. The van der Waals surface area contributed by atoms with Crippen LogP contribution in [0.25, 0.3) is 0 Å². The number of amides is 2. The van der Waals surface area contributed by atoms with E-state index >= 15 is 0 Å². The summed E-state index contributed by atoms with van der Waals surface area (Å²) in [6.45, 7) is 6.81. The van der Waals surface area contributed by atoms with Crippen LogP contribution >= 0.6 is 0 Å². The molecule has 0 radical (unpaired) electrons. The van der Waals surface area contributed by atoms with E-state index in [2.05, 4.69) is 19.2 Å². The lowest BCUT2D eigenvalue weighted by molar-refractivity contribution is -0.203. The molecule has 4 aliphatic carbocycles. The molecule has 2 heterocycles. The molecular formula is C31H47N3O5. The average Bonchev–Trinajstić information content (AvgIpc) is 3.23. The third-order valence-corrected chi connectivity index (χ3v) is 12.6. The van der Waals surface area contributed by atoms with Gasteiger partial charge in [-0.1, -0.05) is 13.8 Å². The first-order valence-electron chi connectivity index (χ1n) is 15.3. The number of piperazine rings is 1. The van der Waals surface area contributed by atoms with Crippen LogP contribution in [0, 0.1) is 28.6 Å². The van der Waals surface area contributed by atoms with Crippen LogP contribution in [0.4, 0.5) is 4.79 Å². The van der Waals surface area contributed by atoms with Crippen LogP contribution in [0.15, 0.2) is 27.6 Å². The minimum absolute atomic E-state index is 0.0115. The lowest BCUT2D eigenvalue weighted by atomic mass is 9.43. The largest absolute Gasteiger partial charge is 0.431 e. The number of nitrogens with zero attached hydrogens (tertiary/aromatic N) is 2. The van der Waals surface area contributed by atoms with Gasteiger partial charge in [0.25, 0.3) is 0 Å². The van der Waals surface area contributed by atoms with Gasteiger partial charge in [-0.25, -0.2) is 9.59 Å². The van der Waals surface area contributed by atoms with Gasteiger partial charge in [0.1, 0.15) is 0 Å². The lowest BCUT2D eigenvalue weighted by Gasteiger charge is -2.64. The Kier molecular flexibility index (Phi) is 6.91. The van der Waals surface area contributed by atoms with Crippen molar-refractivity contribution in [2.75, 3.05) is 33.3 Å². The van der Waals surface area contributed by atoms with Gasteiger partial charge in [-0.05, 0) is 98.5 Å². The maximum atomic E-state index is 13.5. The fourth-order valence-electron chi connectivity index (χ4n) is 10.2. The van der Waals surface area contributed by atoms with Crippen molar-refractivity contribution in [1.82, 2.24) is 15.1 Å². The number of hydrogen-bond donors (Lipinski definition) is 3. The van der Waals surface area contributed by atoms with E-state index in [1.165, 1.54) is 6.07 Å². The first-order chi connectivity index (χ1) is 18.6. The molecule has 2 amide bonds. The lowest BCUT2D eigenvalue weighted by Crippen LogP contribution is -2.63. The minimum Gasteiger partial charge on any atom is -0.431 e. The van der Waals surface area contributed by atoms with E-state index in [1.807, 2.05) is 22.9 Å². The fourth-order valence-corrected chi connectivity index (χ4v) is 10.2. The van der Waals surface area contributed by atoms with Gasteiger partial charge in [0, 0.05) is 44.2 Å². The molecule has 0 spiro atoms. The van der Waals surface area contributed by atoms with Gasteiger partial charge in [-0.15, -0.1) is 0 Å². The summed E-state index contributed by atoms with van der Waals surface area (Å²) in [6.07, 6.45) is 10.7. The summed E-state index contributed by atoms with van der Waals surface area (Å²) in [5.41, 5.74) is -0.00622. The fraction of sp³-hybridized carbons (Fsp3) is 0.806. The molecular weight excluding hydrogens is 494 g/mol. The molecule has 5 fully saturated rings. The maximum Gasteiger partial charge on any atom is 0.335 e. The number of carbonyl (C=O) groups excluding carboxylic acids is 1. The zero-order valence-corrected chi connectivity index (χ0v) is 23.9. The van der Waals surface area contributed by atoms with E-state index in [4.69, 9.17) is 4.42 Å². The number of rotatable bonds is 3. The molecule has 5 aliphatic rings. The van der Waals surface area contributed by atoms with Crippen LogP contribution in [-0.4, -0.2) is 77.0 Å². The molecule has 1 aromatic rings. The normalized spacial score (nSPS) is 43.8. The number of nitrogens with one attached hydrogen (secondary N) is 1. The van der Waals surface area contributed by atoms with Crippen molar-refractivity contribution < 1.29 is 19.4 Å². The highest BCUT2D eigenvalue weighted by Crippen LogP contribution is 2.70. The predicted molar refractivity (Wildman–Crippen MR) is 148 cm³/mol. The van der Waals surface area contributed by atoms with Gasteiger partial charge in [0.05, 0.1) is 24.5 Å². The molecule has 8 nitrogen and oxygen atoms in total. The van der Waals surface area contributed by atoms with Crippen LogP contribution < -0.4 is 10.9 Å². The number of aliphatic hydroxyl groups excluding tert-OH is 1. The van der Waals surface area contributed by atoms with E-state index in [-0.39, 0.29) is 47.1 Å². The molecule has 1 unspecified atom stereocenters. The molecule has 0 bridgehead atoms. The maximum absolute atomic E-state index is 13.5. The zero-order chi connectivity index (χ0) is 27.6. The summed E-state index contributed by atoms with van der Waals surface area (Å²) in [6, 6.07) is 3.54. The van der Waals surface area contributed by atoms with Crippen LogP contribution in [0.3, 0.4) is 0 Å². The quantitative estimate of drug-likeness (QED) is 0.540. The number of urea groups is 1. The van der Waals surface area contributed by atoms with E-state index in [1.54, 1.807) is 6.26 Å². The summed E-state index contributed by atoms with van der Waals surface area (Å²) in [5.74, 6) is 1.55. The molecule has 4 saturated carbocycles. The summed E-state index contributed by atoms with van der Waals surface area (Å²) in [7, 11) is 1.96. The van der Waals surface area contributed by atoms with Gasteiger partial charge < -0.3 is 29.7 Å².